The van der Waals surface area contributed by atoms with Gasteiger partial charge in [-0.05, 0) is 35.4 Å². The van der Waals surface area contributed by atoms with Gasteiger partial charge in [-0.2, -0.15) is 0 Å². The van der Waals surface area contributed by atoms with Crippen molar-refractivity contribution in [2.24, 2.45) is 0 Å². The molecule has 0 aromatic heterocycles. The number of halogens is 1. The number of hydrogen-bond donors (Lipinski definition) is 5. The van der Waals surface area contributed by atoms with Crippen molar-refractivity contribution in [2.75, 3.05) is 6.61 Å². The molecule has 8 nitrogen and oxygen atoms in total. The van der Waals surface area contributed by atoms with Gasteiger partial charge >= 0.3 is 5.97 Å². The van der Waals surface area contributed by atoms with Gasteiger partial charge < -0.3 is 35.0 Å². The van der Waals surface area contributed by atoms with E-state index >= 15 is 0 Å². The summed E-state index contributed by atoms with van der Waals surface area (Å²) < 4.78 is 10.9. The van der Waals surface area contributed by atoms with Crippen LogP contribution in [0.25, 0.3) is 11.1 Å². The van der Waals surface area contributed by atoms with Crippen LogP contribution in [0.2, 0.25) is 5.02 Å². The fraction of sp³-hybridized carbons (Fsp3) is 0.316. The number of aliphatic hydroxyl groups excluding tert-OH is 4. The lowest BCUT2D eigenvalue weighted by atomic mass is 9.99. The van der Waals surface area contributed by atoms with E-state index in [1.165, 1.54) is 12.1 Å². The number of rotatable bonds is 5. The van der Waals surface area contributed by atoms with Crippen LogP contribution < -0.4 is 4.74 Å². The third-order valence-electron chi connectivity index (χ3n) is 4.49. The van der Waals surface area contributed by atoms with Crippen molar-refractivity contribution in [1.82, 2.24) is 0 Å². The maximum Gasteiger partial charge on any atom is 0.335 e. The molecule has 0 spiro atoms. The molecule has 0 amide bonds. The smallest absolute Gasteiger partial charge is 0.335 e. The first kappa shape index (κ1) is 20.5. The zero-order valence-electron chi connectivity index (χ0n) is 14.5. The molecule has 0 bridgehead atoms. The first-order chi connectivity index (χ1) is 13.3. The number of aliphatic hydroxyl groups is 4. The minimum atomic E-state index is -1.57. The van der Waals surface area contributed by atoms with Crippen molar-refractivity contribution < 1.29 is 39.8 Å². The molecule has 28 heavy (non-hydrogen) atoms. The molecule has 5 N–H and O–H groups in total. The molecule has 9 heteroatoms. The summed E-state index contributed by atoms with van der Waals surface area (Å²) in [5.74, 6) is -0.889. The van der Waals surface area contributed by atoms with Gasteiger partial charge in [0.2, 0.25) is 6.29 Å². The molecule has 2 aromatic carbocycles. The van der Waals surface area contributed by atoms with Crippen LogP contribution in [0.5, 0.6) is 5.75 Å². The average molecular weight is 411 g/mol. The number of benzene rings is 2. The highest BCUT2D eigenvalue weighted by Gasteiger charge is 2.44. The van der Waals surface area contributed by atoms with Crippen LogP contribution in [-0.2, 0) is 4.74 Å². The molecule has 5 atom stereocenters. The first-order valence-electron chi connectivity index (χ1n) is 8.42. The summed E-state index contributed by atoms with van der Waals surface area (Å²) in [6.07, 6.45) is -7.09. The largest absolute Gasteiger partial charge is 0.478 e. The number of ether oxygens (including phenoxy) is 2. The second-order valence-electron chi connectivity index (χ2n) is 6.34. The maximum atomic E-state index is 11.0. The number of aromatic carboxylic acids is 1. The van der Waals surface area contributed by atoms with Crippen LogP contribution in [0.3, 0.4) is 0 Å². The topological polar surface area (TPSA) is 137 Å². The van der Waals surface area contributed by atoms with Gasteiger partial charge in [-0.15, -0.1) is 0 Å². The molecule has 0 saturated carbocycles. The molecular weight excluding hydrogens is 392 g/mol. The van der Waals surface area contributed by atoms with Crippen molar-refractivity contribution in [2.45, 2.75) is 30.7 Å². The minimum Gasteiger partial charge on any atom is -0.478 e. The Balaban J connectivity index is 1.84. The minimum absolute atomic E-state index is 0.144. The van der Waals surface area contributed by atoms with Crippen molar-refractivity contribution in [3.05, 3.63) is 53.1 Å². The van der Waals surface area contributed by atoms with E-state index in [2.05, 4.69) is 0 Å². The van der Waals surface area contributed by atoms with Gasteiger partial charge in [0.15, 0.2) is 0 Å². The predicted molar refractivity (Wildman–Crippen MR) is 98.2 cm³/mol. The molecule has 0 radical (unpaired) electrons. The van der Waals surface area contributed by atoms with Crippen LogP contribution in [0.1, 0.15) is 10.4 Å². The molecule has 1 heterocycles. The first-order valence-corrected chi connectivity index (χ1v) is 8.80. The summed E-state index contributed by atoms with van der Waals surface area (Å²) in [5, 5.41) is 48.3. The van der Waals surface area contributed by atoms with Gasteiger partial charge in [-0.1, -0.05) is 29.8 Å². The lowest BCUT2D eigenvalue weighted by Crippen LogP contribution is -2.60. The second-order valence-corrected chi connectivity index (χ2v) is 6.75. The summed E-state index contributed by atoms with van der Waals surface area (Å²) in [4.78, 5) is 11.0. The molecule has 0 aliphatic carbocycles. The maximum absolute atomic E-state index is 11.0. The van der Waals surface area contributed by atoms with Crippen molar-refractivity contribution in [1.29, 1.82) is 0 Å². The Bertz CT molecular complexity index is 838. The van der Waals surface area contributed by atoms with E-state index in [4.69, 9.17) is 26.2 Å². The standard InChI is InChI=1S/C19H19ClO8/c20-12-6-5-11(9-1-3-10(4-2-9)18(25)26)7-13(12)27-19-17(24)16(23)15(22)14(8-21)28-19/h1-7,14-17,19,21-24H,8H2,(H,25,26)/t14?,15-,16?,17-,19+/m1/s1. The number of carboxylic acids is 1. The van der Waals surface area contributed by atoms with Crippen LogP contribution in [0.4, 0.5) is 0 Å². The summed E-state index contributed by atoms with van der Waals surface area (Å²) in [6, 6.07) is 11.0. The van der Waals surface area contributed by atoms with E-state index in [1.807, 2.05) is 0 Å². The number of carboxylic acid groups (broad SMARTS) is 1. The second kappa shape index (κ2) is 8.44. The summed E-state index contributed by atoms with van der Waals surface area (Å²) in [5.41, 5.74) is 1.52. The van der Waals surface area contributed by atoms with Crippen LogP contribution in [0, 0.1) is 0 Å². The Morgan fingerprint density at radius 3 is 2.25 bits per heavy atom. The van der Waals surface area contributed by atoms with Gasteiger partial charge in [0.1, 0.15) is 30.2 Å². The van der Waals surface area contributed by atoms with Crippen molar-refractivity contribution >= 4 is 17.6 Å². The Hall–Kier alpha value is -2.20. The number of carbonyl (C=O) groups is 1. The van der Waals surface area contributed by atoms with E-state index in [9.17, 15) is 25.2 Å². The van der Waals surface area contributed by atoms with Crippen molar-refractivity contribution in [3.8, 4) is 16.9 Å². The van der Waals surface area contributed by atoms with E-state index in [0.29, 0.717) is 11.1 Å². The molecule has 2 unspecified atom stereocenters. The van der Waals surface area contributed by atoms with E-state index in [-0.39, 0.29) is 16.3 Å². The highest BCUT2D eigenvalue weighted by atomic mass is 35.5. The molecule has 150 valence electrons. The summed E-state index contributed by atoms with van der Waals surface area (Å²) in [6.45, 7) is -0.575. The van der Waals surface area contributed by atoms with Gasteiger partial charge in [0, 0.05) is 0 Å². The molecule has 1 fully saturated rings. The third-order valence-corrected chi connectivity index (χ3v) is 4.80. The Morgan fingerprint density at radius 1 is 1.00 bits per heavy atom. The normalized spacial score (nSPS) is 27.4. The fourth-order valence-corrected chi connectivity index (χ4v) is 3.03. The Labute approximate surface area is 165 Å². The quantitative estimate of drug-likeness (QED) is 0.490. The predicted octanol–water partition coefficient (Wildman–Crippen LogP) is 0.884. The summed E-state index contributed by atoms with van der Waals surface area (Å²) in [7, 11) is 0. The fourth-order valence-electron chi connectivity index (χ4n) is 2.87. The van der Waals surface area contributed by atoms with Crippen LogP contribution >= 0.6 is 11.6 Å². The van der Waals surface area contributed by atoms with Gasteiger partial charge in [0.05, 0.1) is 17.2 Å². The summed E-state index contributed by atoms with van der Waals surface area (Å²) >= 11 is 6.15. The van der Waals surface area contributed by atoms with E-state index < -0.39 is 43.3 Å². The number of hydrogen-bond acceptors (Lipinski definition) is 7. The van der Waals surface area contributed by atoms with Gasteiger partial charge in [0.25, 0.3) is 0 Å². The SMILES string of the molecule is O=C(O)c1ccc(-c2ccc(Cl)c(O[C@H]3OC(CO)[C@@H](O)C(O)[C@H]3O)c2)cc1. The highest BCUT2D eigenvalue weighted by Crippen LogP contribution is 2.33. The van der Waals surface area contributed by atoms with Crippen LogP contribution in [0.15, 0.2) is 42.5 Å². The van der Waals surface area contributed by atoms with Gasteiger partial charge in [-0.25, -0.2) is 4.79 Å². The van der Waals surface area contributed by atoms with Crippen LogP contribution in [-0.4, -0.2) is 68.8 Å². The molecule has 1 aliphatic rings. The molecular formula is C19H19ClO8. The third kappa shape index (κ3) is 4.12. The monoisotopic (exact) mass is 410 g/mol. The average Bonchev–Trinajstić information content (AvgIpc) is 2.70. The Morgan fingerprint density at radius 2 is 1.64 bits per heavy atom. The molecule has 1 aliphatic heterocycles. The molecule has 2 aromatic rings. The zero-order valence-corrected chi connectivity index (χ0v) is 15.2. The molecule has 3 rings (SSSR count). The van der Waals surface area contributed by atoms with Gasteiger partial charge in [-0.3, -0.25) is 0 Å². The van der Waals surface area contributed by atoms with Crippen molar-refractivity contribution in [3.63, 3.8) is 0 Å². The lowest BCUT2D eigenvalue weighted by molar-refractivity contribution is -0.277. The Kier molecular flexibility index (Phi) is 6.19. The zero-order chi connectivity index (χ0) is 20.4. The van der Waals surface area contributed by atoms with E-state index in [1.54, 1.807) is 30.3 Å². The van der Waals surface area contributed by atoms with E-state index in [0.717, 1.165) is 0 Å². The lowest BCUT2D eigenvalue weighted by Gasteiger charge is -2.39. The highest BCUT2D eigenvalue weighted by molar-refractivity contribution is 6.32. The molecule has 1 saturated heterocycles.